The van der Waals surface area contributed by atoms with Crippen LogP contribution in [0.15, 0.2) is 24.3 Å². The molecule has 88 valence electrons. The molecule has 0 aliphatic heterocycles. The number of halogens is 1. The number of nitrogens with one attached hydrogen (secondary N) is 1. The van der Waals surface area contributed by atoms with E-state index < -0.39 is 0 Å². The zero-order valence-electron chi connectivity index (χ0n) is 8.61. The maximum Gasteiger partial charge on any atom is 0.327 e. The number of hydrogen-bond donors (Lipinski definition) is 2. The molecule has 0 aliphatic carbocycles. The molecule has 6 heteroatoms. The quantitative estimate of drug-likeness (QED) is 0.465. The smallest absolute Gasteiger partial charge is 0.327 e. The Labute approximate surface area is 103 Å². The first-order chi connectivity index (χ1) is 7.74. The fourth-order valence-corrected chi connectivity index (χ4v) is 2.28. The maximum absolute atomic E-state index is 10.9. The molecule has 1 rings (SSSR count). The number of rotatable bonds is 6. The molecule has 3 N–H and O–H groups in total. The SMILES string of the molecule is NNOC(=O)CCSCc1ccccc1Cl. The number of carbonyl (C=O) groups is 1. The van der Waals surface area contributed by atoms with Crippen LogP contribution in [0, 0.1) is 0 Å². The Kier molecular flexibility index (Phi) is 6.25. The Hall–Kier alpha value is -0.750. The second-order valence-electron chi connectivity index (χ2n) is 2.99. The van der Waals surface area contributed by atoms with Crippen LogP contribution in [-0.2, 0) is 15.4 Å². The minimum atomic E-state index is -0.367. The van der Waals surface area contributed by atoms with Crippen molar-refractivity contribution in [1.29, 1.82) is 0 Å². The van der Waals surface area contributed by atoms with Gasteiger partial charge in [-0.15, -0.1) is 0 Å². The van der Waals surface area contributed by atoms with Crippen molar-refractivity contribution in [3.63, 3.8) is 0 Å². The van der Waals surface area contributed by atoms with E-state index in [1.807, 2.05) is 29.9 Å². The summed E-state index contributed by atoms with van der Waals surface area (Å²) in [6.07, 6.45) is 0.319. The van der Waals surface area contributed by atoms with E-state index in [9.17, 15) is 4.79 Å². The molecule has 0 aliphatic rings. The van der Waals surface area contributed by atoms with Gasteiger partial charge in [-0.2, -0.15) is 11.8 Å². The highest BCUT2D eigenvalue weighted by molar-refractivity contribution is 7.98. The lowest BCUT2D eigenvalue weighted by Gasteiger charge is -2.03. The molecule has 16 heavy (non-hydrogen) atoms. The zero-order chi connectivity index (χ0) is 11.8. The third-order valence-corrected chi connectivity index (χ3v) is 3.22. The van der Waals surface area contributed by atoms with Crippen LogP contribution in [-0.4, -0.2) is 11.7 Å². The van der Waals surface area contributed by atoms with Crippen LogP contribution in [0.25, 0.3) is 0 Å². The fraction of sp³-hybridized carbons (Fsp3) is 0.300. The minimum absolute atomic E-state index is 0.319. The summed E-state index contributed by atoms with van der Waals surface area (Å²) in [5.41, 5.74) is 2.92. The van der Waals surface area contributed by atoms with Crippen molar-refractivity contribution in [2.24, 2.45) is 5.84 Å². The highest BCUT2D eigenvalue weighted by atomic mass is 35.5. The predicted molar refractivity (Wildman–Crippen MR) is 65.6 cm³/mol. The average molecular weight is 261 g/mol. The molecule has 4 nitrogen and oxygen atoms in total. The molecule has 0 atom stereocenters. The zero-order valence-corrected chi connectivity index (χ0v) is 10.2. The second kappa shape index (κ2) is 7.51. The van der Waals surface area contributed by atoms with E-state index in [0.717, 1.165) is 16.3 Å². The topological polar surface area (TPSA) is 64.3 Å². The van der Waals surface area contributed by atoms with Gasteiger partial charge >= 0.3 is 5.97 Å². The summed E-state index contributed by atoms with van der Waals surface area (Å²) in [5.74, 6) is 5.91. The van der Waals surface area contributed by atoms with Crippen molar-refractivity contribution in [2.45, 2.75) is 12.2 Å². The Balaban J connectivity index is 2.21. The molecular weight excluding hydrogens is 248 g/mol. The van der Waals surface area contributed by atoms with Gasteiger partial charge in [0.25, 0.3) is 0 Å². The molecule has 0 radical (unpaired) electrons. The van der Waals surface area contributed by atoms with Gasteiger partial charge in [-0.3, -0.25) is 4.79 Å². The maximum atomic E-state index is 10.9. The standard InChI is InChI=1S/C10H13ClN2O2S/c11-9-4-2-1-3-8(9)7-16-6-5-10(14)15-13-12/h1-4,13H,5-7,12H2. The molecule has 0 unspecified atom stereocenters. The normalized spacial score (nSPS) is 10.1. The van der Waals surface area contributed by atoms with Crippen LogP contribution in [0.5, 0.6) is 0 Å². The molecule has 0 spiro atoms. The van der Waals surface area contributed by atoms with Gasteiger partial charge in [0.1, 0.15) is 0 Å². The van der Waals surface area contributed by atoms with Gasteiger partial charge in [0.05, 0.1) is 6.42 Å². The van der Waals surface area contributed by atoms with Gasteiger partial charge in [-0.05, 0) is 11.6 Å². The monoisotopic (exact) mass is 260 g/mol. The number of benzene rings is 1. The molecule has 0 heterocycles. The van der Waals surface area contributed by atoms with E-state index in [4.69, 9.17) is 17.4 Å². The molecule has 1 aromatic rings. The summed E-state index contributed by atoms with van der Waals surface area (Å²) >= 11 is 7.60. The third-order valence-electron chi connectivity index (χ3n) is 1.84. The minimum Gasteiger partial charge on any atom is -0.356 e. The van der Waals surface area contributed by atoms with Crippen LogP contribution in [0.2, 0.25) is 5.02 Å². The highest BCUT2D eigenvalue weighted by Gasteiger charge is 2.03. The number of thioether (sulfide) groups is 1. The number of carbonyl (C=O) groups excluding carboxylic acids is 1. The van der Waals surface area contributed by atoms with Gasteiger partial charge in [-0.1, -0.05) is 35.4 Å². The molecule has 0 amide bonds. The van der Waals surface area contributed by atoms with Crippen molar-refractivity contribution < 1.29 is 9.63 Å². The third kappa shape index (κ3) is 4.85. The van der Waals surface area contributed by atoms with E-state index in [1.165, 1.54) is 0 Å². The summed E-state index contributed by atoms with van der Waals surface area (Å²) in [6.45, 7) is 0. The van der Waals surface area contributed by atoms with Gasteiger partial charge in [0, 0.05) is 16.5 Å². The fourth-order valence-electron chi connectivity index (χ4n) is 1.07. The first kappa shape index (κ1) is 13.3. The Morgan fingerprint density at radius 1 is 1.50 bits per heavy atom. The van der Waals surface area contributed by atoms with E-state index in [-0.39, 0.29) is 5.97 Å². The van der Waals surface area contributed by atoms with Crippen molar-refractivity contribution in [3.05, 3.63) is 34.9 Å². The molecule has 0 fully saturated rings. The Morgan fingerprint density at radius 3 is 2.94 bits per heavy atom. The van der Waals surface area contributed by atoms with Gasteiger partial charge in [-0.25, -0.2) is 5.84 Å². The van der Waals surface area contributed by atoms with Crippen LogP contribution >= 0.6 is 23.4 Å². The summed E-state index contributed by atoms with van der Waals surface area (Å²) in [4.78, 5) is 15.3. The Bertz CT molecular complexity index is 349. The van der Waals surface area contributed by atoms with Crippen LogP contribution in [0.3, 0.4) is 0 Å². The molecule has 1 aromatic carbocycles. The average Bonchev–Trinajstić information content (AvgIpc) is 2.27. The first-order valence-electron chi connectivity index (χ1n) is 4.70. The molecule has 0 saturated carbocycles. The highest BCUT2D eigenvalue weighted by Crippen LogP contribution is 2.20. The second-order valence-corrected chi connectivity index (χ2v) is 4.50. The summed E-state index contributed by atoms with van der Waals surface area (Å²) in [5, 5.41) is 0.751. The summed E-state index contributed by atoms with van der Waals surface area (Å²) in [6, 6.07) is 7.65. The van der Waals surface area contributed by atoms with Crippen LogP contribution < -0.4 is 11.4 Å². The predicted octanol–water partition coefficient (Wildman–Crippen LogP) is 1.88. The van der Waals surface area contributed by atoms with E-state index in [0.29, 0.717) is 12.2 Å². The summed E-state index contributed by atoms with van der Waals surface area (Å²) in [7, 11) is 0. The van der Waals surface area contributed by atoms with E-state index in [2.05, 4.69) is 4.84 Å². The largest absolute Gasteiger partial charge is 0.356 e. The van der Waals surface area contributed by atoms with Crippen molar-refractivity contribution >= 4 is 29.3 Å². The molecular formula is C10H13ClN2O2S. The number of hydrazine groups is 1. The van der Waals surface area contributed by atoms with Crippen LogP contribution in [0.4, 0.5) is 0 Å². The van der Waals surface area contributed by atoms with Crippen LogP contribution in [0.1, 0.15) is 12.0 Å². The van der Waals surface area contributed by atoms with Crippen molar-refractivity contribution in [2.75, 3.05) is 5.75 Å². The number of hydrogen-bond acceptors (Lipinski definition) is 5. The first-order valence-corrected chi connectivity index (χ1v) is 6.23. The molecule has 0 aromatic heterocycles. The summed E-state index contributed by atoms with van der Waals surface area (Å²) < 4.78 is 0. The van der Waals surface area contributed by atoms with Crippen molar-refractivity contribution in [3.8, 4) is 0 Å². The van der Waals surface area contributed by atoms with Crippen molar-refractivity contribution in [1.82, 2.24) is 5.59 Å². The molecule has 0 saturated heterocycles. The number of nitrogens with two attached hydrogens (primary N) is 1. The van der Waals surface area contributed by atoms with E-state index in [1.54, 1.807) is 11.8 Å². The van der Waals surface area contributed by atoms with Gasteiger partial charge in [0.2, 0.25) is 0 Å². The van der Waals surface area contributed by atoms with Gasteiger partial charge in [0.15, 0.2) is 0 Å². The molecule has 0 bridgehead atoms. The van der Waals surface area contributed by atoms with E-state index >= 15 is 0 Å². The lowest BCUT2D eigenvalue weighted by Crippen LogP contribution is -2.26. The lowest BCUT2D eigenvalue weighted by atomic mass is 10.2. The lowest BCUT2D eigenvalue weighted by molar-refractivity contribution is -0.150. The Morgan fingerprint density at radius 2 is 2.25 bits per heavy atom. The van der Waals surface area contributed by atoms with Gasteiger partial charge < -0.3 is 4.84 Å².